The molecule has 1 aliphatic rings. The number of aryl methyl sites for hydroxylation is 1. The second-order valence-corrected chi connectivity index (χ2v) is 9.90. The number of benzene rings is 2. The van der Waals surface area contributed by atoms with Crippen molar-refractivity contribution in [1.82, 2.24) is 13.8 Å². The zero-order valence-corrected chi connectivity index (χ0v) is 18.6. The zero-order chi connectivity index (χ0) is 21.5. The van der Waals surface area contributed by atoms with E-state index in [0.29, 0.717) is 18.6 Å². The lowest BCUT2D eigenvalue weighted by molar-refractivity contribution is -0.131. The van der Waals surface area contributed by atoms with E-state index in [-0.39, 0.29) is 35.9 Å². The molecule has 30 heavy (non-hydrogen) atoms. The molecule has 0 unspecified atom stereocenters. The average molecular weight is 494 g/mol. The van der Waals surface area contributed by atoms with Crippen molar-refractivity contribution >= 4 is 43.0 Å². The summed E-state index contributed by atoms with van der Waals surface area (Å²) in [4.78, 5) is 26.0. The van der Waals surface area contributed by atoms with Gasteiger partial charge >= 0.3 is 5.76 Å². The maximum Gasteiger partial charge on any atom is 0.419 e. The molecule has 1 fully saturated rings. The van der Waals surface area contributed by atoms with Crippen LogP contribution in [0.25, 0.3) is 11.1 Å². The van der Waals surface area contributed by atoms with Crippen LogP contribution in [0.4, 0.5) is 0 Å². The summed E-state index contributed by atoms with van der Waals surface area (Å²) in [5.41, 5.74) is 1.66. The number of sulfonamides is 1. The van der Waals surface area contributed by atoms with Crippen molar-refractivity contribution < 1.29 is 17.6 Å². The Hall–Kier alpha value is -2.43. The Kier molecular flexibility index (Phi) is 5.56. The molecule has 2 aromatic carbocycles. The molecule has 1 saturated heterocycles. The van der Waals surface area contributed by atoms with Crippen molar-refractivity contribution in [2.45, 2.75) is 11.3 Å². The number of hydrogen-bond donors (Lipinski definition) is 0. The third-order valence-corrected chi connectivity index (χ3v) is 7.96. The van der Waals surface area contributed by atoms with Crippen molar-refractivity contribution in [3.8, 4) is 0 Å². The Morgan fingerprint density at radius 2 is 1.80 bits per heavy atom. The van der Waals surface area contributed by atoms with Crippen molar-refractivity contribution in [2.75, 3.05) is 26.2 Å². The van der Waals surface area contributed by atoms with Gasteiger partial charge in [0.2, 0.25) is 15.9 Å². The standard InChI is InChI=1S/C20H20BrN3O5S/c1-22-17-7-6-15(13-18(17)29-20(22)26)30(27,28)24-10-8-23(9-11-24)19(25)12-14-4-2-3-5-16(14)21/h2-7,13H,8-12H2,1H3. The summed E-state index contributed by atoms with van der Waals surface area (Å²) < 4.78 is 34.7. The van der Waals surface area contributed by atoms with Gasteiger partial charge in [0, 0.05) is 43.8 Å². The molecule has 0 atom stereocenters. The first-order chi connectivity index (χ1) is 14.3. The van der Waals surface area contributed by atoms with E-state index in [2.05, 4.69) is 15.9 Å². The molecule has 1 amide bonds. The van der Waals surface area contributed by atoms with Crippen LogP contribution in [0.1, 0.15) is 5.56 Å². The van der Waals surface area contributed by atoms with Gasteiger partial charge in [-0.05, 0) is 23.8 Å². The maximum atomic E-state index is 13.0. The lowest BCUT2D eigenvalue weighted by Crippen LogP contribution is -2.50. The Balaban J connectivity index is 1.46. The summed E-state index contributed by atoms with van der Waals surface area (Å²) in [6.07, 6.45) is 0.262. The molecule has 0 spiro atoms. The number of aromatic nitrogens is 1. The predicted molar refractivity (Wildman–Crippen MR) is 115 cm³/mol. The highest BCUT2D eigenvalue weighted by atomic mass is 79.9. The number of oxazole rings is 1. The van der Waals surface area contributed by atoms with Crippen molar-refractivity contribution in [3.63, 3.8) is 0 Å². The molecule has 0 bridgehead atoms. The van der Waals surface area contributed by atoms with Gasteiger partial charge in [0.05, 0.1) is 16.8 Å². The van der Waals surface area contributed by atoms with Crippen LogP contribution in [0.3, 0.4) is 0 Å². The molecular weight excluding hydrogens is 474 g/mol. The summed E-state index contributed by atoms with van der Waals surface area (Å²) in [5.74, 6) is -0.580. The van der Waals surface area contributed by atoms with E-state index in [1.54, 1.807) is 18.0 Å². The molecule has 4 rings (SSSR count). The molecule has 0 saturated carbocycles. The number of piperazine rings is 1. The van der Waals surface area contributed by atoms with Gasteiger partial charge in [0.1, 0.15) is 0 Å². The fourth-order valence-corrected chi connectivity index (χ4v) is 5.38. The fourth-order valence-electron chi connectivity index (χ4n) is 3.52. The lowest BCUT2D eigenvalue weighted by atomic mass is 10.1. The molecule has 1 aromatic heterocycles. The quantitative estimate of drug-likeness (QED) is 0.553. The van der Waals surface area contributed by atoms with Crippen LogP contribution < -0.4 is 5.76 Å². The maximum absolute atomic E-state index is 13.0. The second-order valence-electron chi connectivity index (χ2n) is 7.11. The van der Waals surface area contributed by atoms with Crippen LogP contribution >= 0.6 is 15.9 Å². The molecule has 10 heteroatoms. The summed E-state index contributed by atoms with van der Waals surface area (Å²) in [7, 11) is -2.19. The Morgan fingerprint density at radius 1 is 1.10 bits per heavy atom. The molecule has 1 aliphatic heterocycles. The van der Waals surface area contributed by atoms with Gasteiger partial charge in [0.25, 0.3) is 0 Å². The lowest BCUT2D eigenvalue weighted by Gasteiger charge is -2.34. The summed E-state index contributed by atoms with van der Waals surface area (Å²) in [5, 5.41) is 0. The molecule has 158 valence electrons. The highest BCUT2D eigenvalue weighted by Gasteiger charge is 2.30. The van der Waals surface area contributed by atoms with E-state index in [9.17, 15) is 18.0 Å². The van der Waals surface area contributed by atoms with Crippen molar-refractivity contribution in [2.24, 2.45) is 7.05 Å². The van der Waals surface area contributed by atoms with Gasteiger partial charge < -0.3 is 9.32 Å². The number of carbonyl (C=O) groups excluding carboxylic acids is 1. The van der Waals surface area contributed by atoms with Crippen LogP contribution in [0, 0.1) is 0 Å². The SMILES string of the molecule is Cn1c(=O)oc2cc(S(=O)(=O)N3CCN(C(=O)Cc4ccccc4Br)CC3)ccc21. The Morgan fingerprint density at radius 3 is 2.50 bits per heavy atom. The predicted octanol–water partition coefficient (Wildman–Crippen LogP) is 1.97. The molecule has 0 radical (unpaired) electrons. The Bertz CT molecular complexity index is 1270. The normalized spacial score (nSPS) is 15.6. The first-order valence-corrected chi connectivity index (χ1v) is 11.6. The monoisotopic (exact) mass is 493 g/mol. The third kappa shape index (κ3) is 3.82. The number of rotatable bonds is 4. The molecule has 8 nitrogen and oxygen atoms in total. The molecular formula is C20H20BrN3O5S. The van der Waals surface area contributed by atoms with E-state index in [1.165, 1.54) is 21.0 Å². The van der Waals surface area contributed by atoms with Crippen molar-refractivity contribution in [1.29, 1.82) is 0 Å². The molecule has 0 aliphatic carbocycles. The average Bonchev–Trinajstić information content (AvgIpc) is 3.03. The van der Waals surface area contributed by atoms with Gasteiger partial charge in [0.15, 0.2) is 5.58 Å². The minimum absolute atomic E-state index is 0.0357. The molecule has 3 aromatic rings. The fraction of sp³-hybridized carbons (Fsp3) is 0.300. The highest BCUT2D eigenvalue weighted by Crippen LogP contribution is 2.23. The van der Waals surface area contributed by atoms with Crippen LogP contribution in [0.15, 0.2) is 61.0 Å². The molecule has 2 heterocycles. The minimum Gasteiger partial charge on any atom is -0.408 e. The number of hydrogen-bond acceptors (Lipinski definition) is 5. The van der Waals surface area contributed by atoms with Gasteiger partial charge in [-0.1, -0.05) is 34.1 Å². The smallest absolute Gasteiger partial charge is 0.408 e. The van der Waals surface area contributed by atoms with Crippen LogP contribution in [-0.2, 0) is 28.3 Å². The van der Waals surface area contributed by atoms with E-state index in [0.717, 1.165) is 10.0 Å². The largest absolute Gasteiger partial charge is 0.419 e. The number of amides is 1. The molecule has 0 N–H and O–H groups in total. The van der Waals surface area contributed by atoms with Crippen LogP contribution in [-0.4, -0.2) is 54.3 Å². The van der Waals surface area contributed by atoms with Gasteiger partial charge in [-0.2, -0.15) is 4.31 Å². The van der Waals surface area contributed by atoms with Crippen molar-refractivity contribution in [3.05, 3.63) is 63.1 Å². The summed E-state index contributed by atoms with van der Waals surface area (Å²) in [6, 6.07) is 11.9. The summed E-state index contributed by atoms with van der Waals surface area (Å²) >= 11 is 3.45. The van der Waals surface area contributed by atoms with Crippen LogP contribution in [0.2, 0.25) is 0 Å². The second kappa shape index (κ2) is 8.01. The topological polar surface area (TPSA) is 92.8 Å². The number of fused-ring (bicyclic) bond motifs is 1. The van der Waals surface area contributed by atoms with Gasteiger partial charge in [-0.25, -0.2) is 13.2 Å². The van der Waals surface area contributed by atoms with E-state index in [1.807, 2.05) is 24.3 Å². The number of carbonyl (C=O) groups is 1. The highest BCUT2D eigenvalue weighted by molar-refractivity contribution is 9.10. The summed E-state index contributed by atoms with van der Waals surface area (Å²) in [6.45, 7) is 1.07. The zero-order valence-electron chi connectivity index (χ0n) is 16.2. The van der Waals surface area contributed by atoms with E-state index < -0.39 is 15.8 Å². The Labute approximate surface area is 181 Å². The first kappa shape index (κ1) is 20.8. The van der Waals surface area contributed by atoms with Gasteiger partial charge in [-0.3, -0.25) is 9.36 Å². The number of halogens is 1. The van der Waals surface area contributed by atoms with E-state index >= 15 is 0 Å². The van der Waals surface area contributed by atoms with E-state index in [4.69, 9.17) is 4.42 Å². The first-order valence-electron chi connectivity index (χ1n) is 9.38. The van der Waals surface area contributed by atoms with Crippen LogP contribution in [0.5, 0.6) is 0 Å². The number of nitrogens with zero attached hydrogens (tertiary/aromatic N) is 3. The minimum atomic E-state index is -3.76. The third-order valence-electron chi connectivity index (χ3n) is 5.29. The van der Waals surface area contributed by atoms with Gasteiger partial charge in [-0.15, -0.1) is 0 Å².